The summed E-state index contributed by atoms with van der Waals surface area (Å²) in [7, 11) is 0. The van der Waals surface area contributed by atoms with Crippen LogP contribution in [-0.4, -0.2) is 16.0 Å². The fourth-order valence-corrected chi connectivity index (χ4v) is 1.22. The monoisotopic (exact) mass is 195 g/mol. The van der Waals surface area contributed by atoms with Crippen molar-refractivity contribution < 1.29 is 9.32 Å². The molecule has 5 nitrogen and oxygen atoms in total. The highest BCUT2D eigenvalue weighted by Gasteiger charge is 2.45. The van der Waals surface area contributed by atoms with Gasteiger partial charge < -0.3 is 9.84 Å². The predicted octanol–water partition coefficient (Wildman–Crippen LogP) is 1.05. The number of carbonyl (C=O) groups is 1. The van der Waals surface area contributed by atoms with Gasteiger partial charge in [0.2, 0.25) is 12.3 Å². The van der Waals surface area contributed by atoms with Crippen molar-refractivity contribution in [3.05, 3.63) is 12.2 Å². The smallest absolute Gasteiger partial charge is 0.226 e. The molecular weight excluding hydrogens is 182 g/mol. The Balaban J connectivity index is 1.95. The van der Waals surface area contributed by atoms with Gasteiger partial charge >= 0.3 is 0 Å². The lowest BCUT2D eigenvalue weighted by Crippen LogP contribution is -2.32. The molecule has 1 N–H and O–H groups in total. The van der Waals surface area contributed by atoms with E-state index in [1.54, 1.807) is 0 Å². The van der Waals surface area contributed by atoms with Crippen LogP contribution in [0.3, 0.4) is 0 Å². The summed E-state index contributed by atoms with van der Waals surface area (Å²) in [6.45, 7) is 3.81. The average Bonchev–Trinajstić information content (AvgIpc) is 2.71. The Kier molecular flexibility index (Phi) is 2.02. The number of carbonyl (C=O) groups excluding carboxylic acids is 1. The number of hydrogen-bond donors (Lipinski definition) is 1. The summed E-state index contributed by atoms with van der Waals surface area (Å²) >= 11 is 0. The lowest BCUT2D eigenvalue weighted by atomic mass is 10.1. The predicted molar refractivity (Wildman–Crippen MR) is 48.2 cm³/mol. The van der Waals surface area contributed by atoms with Crippen molar-refractivity contribution in [1.82, 2.24) is 15.5 Å². The Hall–Kier alpha value is -1.39. The highest BCUT2D eigenvalue weighted by atomic mass is 16.5. The maximum absolute atomic E-state index is 11.6. The summed E-state index contributed by atoms with van der Waals surface area (Å²) in [5.74, 6) is 0.595. The van der Waals surface area contributed by atoms with Gasteiger partial charge in [0.1, 0.15) is 0 Å². The molecule has 0 saturated heterocycles. The van der Waals surface area contributed by atoms with E-state index in [0.29, 0.717) is 5.82 Å². The highest BCUT2D eigenvalue weighted by molar-refractivity contribution is 5.84. The summed E-state index contributed by atoms with van der Waals surface area (Å²) in [6.07, 6.45) is 3.20. The molecule has 1 saturated carbocycles. The molecule has 5 heteroatoms. The third-order valence-electron chi connectivity index (χ3n) is 2.66. The summed E-state index contributed by atoms with van der Waals surface area (Å²) in [4.78, 5) is 15.5. The summed E-state index contributed by atoms with van der Waals surface area (Å²) < 4.78 is 4.61. The van der Waals surface area contributed by atoms with E-state index < -0.39 is 0 Å². The van der Waals surface area contributed by atoms with E-state index in [-0.39, 0.29) is 17.4 Å². The van der Waals surface area contributed by atoms with Crippen molar-refractivity contribution in [2.24, 2.45) is 5.41 Å². The van der Waals surface area contributed by atoms with E-state index in [4.69, 9.17) is 0 Å². The van der Waals surface area contributed by atoms with Crippen LogP contribution in [0.5, 0.6) is 0 Å². The van der Waals surface area contributed by atoms with Crippen LogP contribution in [0.1, 0.15) is 38.6 Å². The van der Waals surface area contributed by atoms with Crippen LogP contribution in [-0.2, 0) is 4.79 Å². The van der Waals surface area contributed by atoms with Gasteiger partial charge in [0.25, 0.3) is 0 Å². The van der Waals surface area contributed by atoms with Crippen molar-refractivity contribution in [2.45, 2.75) is 32.7 Å². The lowest BCUT2D eigenvalue weighted by Gasteiger charge is -2.13. The van der Waals surface area contributed by atoms with Crippen molar-refractivity contribution in [3.8, 4) is 0 Å². The number of nitrogens with one attached hydrogen (secondary N) is 1. The molecule has 1 heterocycles. The Morgan fingerprint density at radius 1 is 1.71 bits per heavy atom. The van der Waals surface area contributed by atoms with Gasteiger partial charge in [-0.2, -0.15) is 4.98 Å². The minimum atomic E-state index is -0.182. The molecule has 1 aromatic heterocycles. The van der Waals surface area contributed by atoms with Gasteiger partial charge in [0.05, 0.1) is 6.04 Å². The largest absolute Gasteiger partial charge is 0.346 e. The van der Waals surface area contributed by atoms with Gasteiger partial charge in [-0.3, -0.25) is 4.79 Å². The fraction of sp³-hybridized carbons (Fsp3) is 0.667. The van der Waals surface area contributed by atoms with Crippen molar-refractivity contribution in [2.75, 3.05) is 0 Å². The van der Waals surface area contributed by atoms with Gasteiger partial charge in [-0.25, -0.2) is 0 Å². The second kappa shape index (κ2) is 3.08. The van der Waals surface area contributed by atoms with Crippen LogP contribution >= 0.6 is 0 Å². The molecule has 2 rings (SSSR count). The molecule has 1 fully saturated rings. The molecule has 0 aliphatic heterocycles. The van der Waals surface area contributed by atoms with E-state index in [2.05, 4.69) is 20.0 Å². The molecular formula is C9H13N3O2. The lowest BCUT2D eigenvalue weighted by molar-refractivity contribution is -0.126. The van der Waals surface area contributed by atoms with Gasteiger partial charge in [-0.15, -0.1) is 0 Å². The number of aromatic nitrogens is 2. The standard InChI is InChI=1S/C9H13N3O2/c1-6(7-10-5-14-12-7)11-8(13)9(2)3-4-9/h5-6H,3-4H2,1-2H3,(H,11,13). The van der Waals surface area contributed by atoms with E-state index in [9.17, 15) is 4.79 Å². The first-order valence-electron chi connectivity index (χ1n) is 4.69. The number of hydrogen-bond acceptors (Lipinski definition) is 4. The Morgan fingerprint density at radius 3 is 2.93 bits per heavy atom. The van der Waals surface area contributed by atoms with Crippen LogP contribution in [0.15, 0.2) is 10.9 Å². The van der Waals surface area contributed by atoms with Gasteiger partial charge in [0.15, 0.2) is 5.82 Å². The summed E-state index contributed by atoms with van der Waals surface area (Å²) in [5, 5.41) is 6.53. The van der Waals surface area contributed by atoms with Gasteiger partial charge in [0, 0.05) is 5.41 Å². The van der Waals surface area contributed by atoms with Crippen LogP contribution in [0.2, 0.25) is 0 Å². The molecule has 1 aliphatic rings. The second-order valence-electron chi connectivity index (χ2n) is 4.05. The molecule has 1 atom stereocenters. The molecule has 0 spiro atoms. The van der Waals surface area contributed by atoms with E-state index in [1.165, 1.54) is 6.39 Å². The molecule has 1 aromatic rings. The Morgan fingerprint density at radius 2 is 2.43 bits per heavy atom. The molecule has 1 amide bonds. The van der Waals surface area contributed by atoms with E-state index >= 15 is 0 Å². The SMILES string of the molecule is CC(NC(=O)C1(C)CC1)c1ncon1. The van der Waals surface area contributed by atoms with Gasteiger partial charge in [-0.1, -0.05) is 12.1 Å². The van der Waals surface area contributed by atoms with Crippen LogP contribution in [0.4, 0.5) is 0 Å². The first kappa shape index (κ1) is 9.18. The van der Waals surface area contributed by atoms with Crippen LogP contribution in [0.25, 0.3) is 0 Å². The fourth-order valence-electron chi connectivity index (χ4n) is 1.22. The van der Waals surface area contributed by atoms with Crippen molar-refractivity contribution in [3.63, 3.8) is 0 Å². The zero-order valence-electron chi connectivity index (χ0n) is 8.28. The Bertz CT molecular complexity index is 330. The van der Waals surface area contributed by atoms with Gasteiger partial charge in [-0.05, 0) is 19.8 Å². The quantitative estimate of drug-likeness (QED) is 0.782. The Labute approximate surface area is 81.9 Å². The minimum Gasteiger partial charge on any atom is -0.346 e. The molecule has 1 unspecified atom stereocenters. The molecule has 1 aliphatic carbocycles. The zero-order chi connectivity index (χ0) is 10.2. The molecule has 14 heavy (non-hydrogen) atoms. The minimum absolute atomic E-state index is 0.0785. The van der Waals surface area contributed by atoms with E-state index in [0.717, 1.165) is 12.8 Å². The summed E-state index contributed by atoms with van der Waals surface area (Å²) in [5.41, 5.74) is -0.155. The third-order valence-corrected chi connectivity index (χ3v) is 2.66. The third kappa shape index (κ3) is 1.62. The van der Waals surface area contributed by atoms with E-state index in [1.807, 2.05) is 13.8 Å². The number of rotatable bonds is 3. The van der Waals surface area contributed by atoms with Crippen LogP contribution in [0, 0.1) is 5.41 Å². The molecule has 0 bridgehead atoms. The first-order chi connectivity index (χ1) is 6.62. The maximum Gasteiger partial charge on any atom is 0.226 e. The second-order valence-corrected chi connectivity index (χ2v) is 4.05. The molecule has 0 aromatic carbocycles. The number of amides is 1. The summed E-state index contributed by atoms with van der Waals surface area (Å²) in [6, 6.07) is -0.182. The molecule has 76 valence electrons. The highest BCUT2D eigenvalue weighted by Crippen LogP contribution is 2.45. The zero-order valence-corrected chi connectivity index (χ0v) is 8.28. The van der Waals surface area contributed by atoms with Crippen molar-refractivity contribution in [1.29, 1.82) is 0 Å². The topological polar surface area (TPSA) is 68.0 Å². The maximum atomic E-state index is 11.6. The molecule has 0 radical (unpaired) electrons. The normalized spacial score (nSPS) is 20.1. The average molecular weight is 195 g/mol. The number of nitrogens with zero attached hydrogens (tertiary/aromatic N) is 2. The van der Waals surface area contributed by atoms with Crippen molar-refractivity contribution >= 4 is 5.91 Å². The van der Waals surface area contributed by atoms with Crippen LogP contribution < -0.4 is 5.32 Å². The first-order valence-corrected chi connectivity index (χ1v) is 4.69.